The molecule has 182 valence electrons. The van der Waals surface area contributed by atoms with Crippen molar-refractivity contribution in [1.29, 1.82) is 0 Å². The fraction of sp³-hybridized carbons (Fsp3) is 0.231. The van der Waals surface area contributed by atoms with E-state index in [1.165, 1.54) is 11.3 Å². The van der Waals surface area contributed by atoms with Gasteiger partial charge >= 0.3 is 0 Å². The number of carbonyl (C=O) groups excluding carboxylic acids is 1. The second kappa shape index (κ2) is 10.8. The largest absolute Gasteiger partial charge is 0.494 e. The van der Waals surface area contributed by atoms with Crippen molar-refractivity contribution in [1.82, 2.24) is 9.47 Å². The number of benzene rings is 2. The van der Waals surface area contributed by atoms with E-state index < -0.39 is 0 Å². The van der Waals surface area contributed by atoms with Crippen molar-refractivity contribution in [2.24, 2.45) is 0 Å². The fourth-order valence-corrected chi connectivity index (χ4v) is 5.47. The number of halogens is 2. The highest BCUT2D eigenvalue weighted by atomic mass is 35.5. The summed E-state index contributed by atoms with van der Waals surface area (Å²) in [7, 11) is 1.55. The second-order valence-corrected chi connectivity index (χ2v) is 9.80. The molecular weight excluding hydrogens is 505 g/mol. The van der Waals surface area contributed by atoms with E-state index in [4.69, 9.17) is 16.3 Å². The van der Waals surface area contributed by atoms with Crippen LogP contribution in [0.2, 0.25) is 5.02 Å². The lowest BCUT2D eigenvalue weighted by Gasteiger charge is -2.16. The molecule has 2 aromatic heterocycles. The van der Waals surface area contributed by atoms with Gasteiger partial charge in [-0.3, -0.25) is 19.1 Å². The van der Waals surface area contributed by atoms with E-state index in [1.807, 2.05) is 42.5 Å². The molecule has 35 heavy (non-hydrogen) atoms. The predicted molar refractivity (Wildman–Crippen MR) is 146 cm³/mol. The number of ether oxygens (including phenoxy) is 1. The summed E-state index contributed by atoms with van der Waals surface area (Å²) >= 11 is 7.47. The number of thiophene rings is 1. The highest BCUT2D eigenvalue weighted by molar-refractivity contribution is 7.22. The number of nitrogens with one attached hydrogen (secondary N) is 1. The predicted octanol–water partition coefficient (Wildman–Crippen LogP) is 5.84. The van der Waals surface area contributed by atoms with Crippen molar-refractivity contribution in [2.45, 2.75) is 12.8 Å². The molecule has 6 nitrogen and oxygen atoms in total. The number of amides is 1. The van der Waals surface area contributed by atoms with Gasteiger partial charge in [-0.1, -0.05) is 23.7 Å². The number of aromatic nitrogens is 1. The maximum Gasteiger partial charge on any atom is 0.273 e. The van der Waals surface area contributed by atoms with E-state index in [-0.39, 0.29) is 23.9 Å². The molecule has 0 saturated carbocycles. The molecule has 1 aliphatic heterocycles. The Labute approximate surface area is 218 Å². The molecule has 1 amide bonds. The Hall–Kier alpha value is -2.84. The molecule has 9 heteroatoms. The number of likely N-dealkylation sites (tertiary alicyclic amines) is 1. The van der Waals surface area contributed by atoms with Gasteiger partial charge in [-0.2, -0.15) is 0 Å². The van der Waals surface area contributed by atoms with Crippen molar-refractivity contribution in [3.8, 4) is 21.9 Å². The monoisotopic (exact) mass is 529 g/mol. The van der Waals surface area contributed by atoms with Crippen LogP contribution in [0.25, 0.3) is 26.2 Å². The number of anilines is 1. The van der Waals surface area contributed by atoms with Crippen LogP contribution in [0.5, 0.6) is 5.75 Å². The summed E-state index contributed by atoms with van der Waals surface area (Å²) < 4.78 is 7.80. The van der Waals surface area contributed by atoms with E-state index in [2.05, 4.69) is 10.2 Å². The first-order valence-corrected chi connectivity index (χ1v) is 12.3. The van der Waals surface area contributed by atoms with Gasteiger partial charge in [-0.25, -0.2) is 0 Å². The third kappa shape index (κ3) is 5.38. The van der Waals surface area contributed by atoms with Crippen LogP contribution in [-0.2, 0) is 4.79 Å². The van der Waals surface area contributed by atoms with E-state index in [0.29, 0.717) is 33.4 Å². The number of carbonyl (C=O) groups is 1. The van der Waals surface area contributed by atoms with Crippen LogP contribution in [0.3, 0.4) is 0 Å². The number of methoxy groups -OCH3 is 1. The molecule has 1 saturated heterocycles. The van der Waals surface area contributed by atoms with E-state index in [9.17, 15) is 9.59 Å². The normalized spacial score (nSPS) is 13.5. The van der Waals surface area contributed by atoms with Crippen molar-refractivity contribution in [2.75, 3.05) is 32.1 Å². The first kappa shape index (κ1) is 25.3. The van der Waals surface area contributed by atoms with Gasteiger partial charge in [0.15, 0.2) is 0 Å². The summed E-state index contributed by atoms with van der Waals surface area (Å²) in [5, 5.41) is 4.51. The summed E-state index contributed by atoms with van der Waals surface area (Å²) in [6.07, 6.45) is 4.04. The third-order valence-corrected chi connectivity index (χ3v) is 7.45. The van der Waals surface area contributed by atoms with Crippen LogP contribution < -0.4 is 15.6 Å². The Bertz CT molecular complexity index is 1410. The topological polar surface area (TPSA) is 63.6 Å². The first-order valence-electron chi connectivity index (χ1n) is 11.1. The van der Waals surface area contributed by atoms with E-state index in [1.54, 1.807) is 30.0 Å². The maximum atomic E-state index is 13.3. The minimum absolute atomic E-state index is 0. The summed E-state index contributed by atoms with van der Waals surface area (Å²) in [5.74, 6) is 0.437. The van der Waals surface area contributed by atoms with Gasteiger partial charge in [0.25, 0.3) is 5.56 Å². The first-order chi connectivity index (χ1) is 16.5. The third-order valence-electron chi connectivity index (χ3n) is 6.01. The van der Waals surface area contributed by atoms with Gasteiger partial charge in [-0.15, -0.1) is 23.7 Å². The number of pyridine rings is 1. The molecule has 1 N–H and O–H groups in total. The zero-order valence-electron chi connectivity index (χ0n) is 19.1. The average Bonchev–Trinajstić information content (AvgIpc) is 3.50. The highest BCUT2D eigenvalue weighted by Crippen LogP contribution is 2.33. The lowest BCUT2D eigenvalue weighted by Crippen LogP contribution is -2.31. The zero-order valence-corrected chi connectivity index (χ0v) is 21.5. The van der Waals surface area contributed by atoms with Crippen LogP contribution in [-0.4, -0.2) is 42.1 Å². The number of nitrogens with zero attached hydrogens (tertiary/aromatic N) is 2. The van der Waals surface area contributed by atoms with Crippen LogP contribution in [0.4, 0.5) is 5.69 Å². The van der Waals surface area contributed by atoms with Crippen LogP contribution in [0.15, 0.2) is 65.6 Å². The number of hydrogen-bond donors (Lipinski definition) is 1. The lowest BCUT2D eigenvalue weighted by atomic mass is 10.2. The Morgan fingerprint density at radius 2 is 1.83 bits per heavy atom. The Morgan fingerprint density at radius 1 is 1.09 bits per heavy atom. The zero-order chi connectivity index (χ0) is 23.7. The van der Waals surface area contributed by atoms with Gasteiger partial charge < -0.3 is 10.1 Å². The molecule has 0 atom stereocenters. The van der Waals surface area contributed by atoms with Gasteiger partial charge in [0.2, 0.25) is 5.91 Å². The molecule has 4 aromatic rings. The number of rotatable bonds is 6. The highest BCUT2D eigenvalue weighted by Gasteiger charge is 2.17. The van der Waals surface area contributed by atoms with Crippen molar-refractivity contribution in [3.63, 3.8) is 0 Å². The van der Waals surface area contributed by atoms with Gasteiger partial charge in [0, 0.05) is 27.5 Å². The molecule has 0 bridgehead atoms. The molecule has 0 aliphatic carbocycles. The van der Waals surface area contributed by atoms with Gasteiger partial charge in [0.1, 0.15) is 10.4 Å². The van der Waals surface area contributed by atoms with Crippen LogP contribution in [0, 0.1) is 0 Å². The van der Waals surface area contributed by atoms with E-state index >= 15 is 0 Å². The Balaban J connectivity index is 0.00000289. The molecule has 2 aromatic carbocycles. The summed E-state index contributed by atoms with van der Waals surface area (Å²) in [6, 6.07) is 16.9. The summed E-state index contributed by atoms with van der Waals surface area (Å²) in [6.45, 7) is 2.28. The SMILES string of the molecule is COc1cc(-n2ccc3cc(-c4ccc(Cl)cc4)sc3c2=O)ccc1NC(=O)CN1CCCC1.Cl. The van der Waals surface area contributed by atoms with Gasteiger partial charge in [-0.05, 0) is 67.9 Å². The van der Waals surface area contributed by atoms with Crippen molar-refractivity contribution >= 4 is 57.0 Å². The van der Waals surface area contributed by atoms with Crippen LogP contribution in [0.1, 0.15) is 12.8 Å². The minimum atomic E-state index is -0.101. The lowest BCUT2D eigenvalue weighted by molar-refractivity contribution is -0.117. The molecule has 0 spiro atoms. The molecule has 1 fully saturated rings. The average molecular weight is 530 g/mol. The quantitative estimate of drug-likeness (QED) is 0.341. The number of fused-ring (bicyclic) bond motifs is 1. The molecule has 0 radical (unpaired) electrons. The maximum absolute atomic E-state index is 13.3. The second-order valence-electron chi connectivity index (χ2n) is 8.31. The standard InChI is InChI=1S/C26H24ClN3O3S.ClH/c1-33-22-15-20(8-9-21(22)28-24(31)16-29-11-2-3-12-29)30-13-10-18-14-23(34-25(18)26(30)32)17-4-6-19(27)7-5-17;/h4-10,13-15H,2-3,11-12,16H2,1H3,(H,28,31);1H. The van der Waals surface area contributed by atoms with Crippen molar-refractivity contribution < 1.29 is 9.53 Å². The van der Waals surface area contributed by atoms with Gasteiger partial charge in [0.05, 0.1) is 25.0 Å². The van der Waals surface area contributed by atoms with Crippen LogP contribution >= 0.6 is 35.3 Å². The smallest absolute Gasteiger partial charge is 0.273 e. The Kier molecular flexibility index (Phi) is 7.82. The number of hydrogen-bond acceptors (Lipinski definition) is 5. The molecule has 1 aliphatic rings. The Morgan fingerprint density at radius 3 is 2.54 bits per heavy atom. The van der Waals surface area contributed by atoms with Crippen molar-refractivity contribution in [3.05, 3.63) is 76.2 Å². The molecule has 0 unspecified atom stereocenters. The molecular formula is C26H25Cl2N3O3S. The summed E-state index contributed by atoms with van der Waals surface area (Å²) in [4.78, 5) is 28.9. The molecule has 3 heterocycles. The molecule has 5 rings (SSSR count). The van der Waals surface area contributed by atoms with E-state index in [0.717, 1.165) is 41.8 Å². The fourth-order valence-electron chi connectivity index (χ4n) is 4.25. The minimum Gasteiger partial charge on any atom is -0.494 e. The summed E-state index contributed by atoms with van der Waals surface area (Å²) in [5.41, 5.74) is 2.18.